The van der Waals surface area contributed by atoms with E-state index in [9.17, 15) is 14.6 Å². The lowest BCUT2D eigenvalue weighted by Crippen LogP contribution is -2.54. The zero-order valence-corrected chi connectivity index (χ0v) is 18.1. The van der Waals surface area contributed by atoms with E-state index in [4.69, 9.17) is 4.65 Å². The number of rotatable bonds is 6. The number of benzene rings is 1. The Kier molecular flexibility index (Phi) is 7.01. The van der Waals surface area contributed by atoms with Crippen molar-refractivity contribution in [3.63, 3.8) is 0 Å². The van der Waals surface area contributed by atoms with Gasteiger partial charge in [0.2, 0.25) is 5.91 Å². The van der Waals surface area contributed by atoms with Crippen molar-refractivity contribution >= 4 is 18.8 Å². The number of fused-ring (bicyclic) bond motifs is 1. The molecule has 6 nitrogen and oxygen atoms in total. The van der Waals surface area contributed by atoms with Gasteiger partial charge in [0.25, 0.3) is 0 Å². The molecule has 0 bridgehead atoms. The molecule has 1 aliphatic carbocycles. The van der Waals surface area contributed by atoms with Gasteiger partial charge in [0.1, 0.15) is 5.75 Å². The highest BCUT2D eigenvalue weighted by Gasteiger charge is 2.40. The molecule has 3 rings (SSSR count). The average Bonchev–Trinajstić information content (AvgIpc) is 2.67. The van der Waals surface area contributed by atoms with Crippen LogP contribution in [0.1, 0.15) is 54.9 Å². The molecule has 1 aromatic carbocycles. The Hall–Kier alpha value is -1.86. The molecule has 1 fully saturated rings. The van der Waals surface area contributed by atoms with Crippen LogP contribution in [0.3, 0.4) is 0 Å². The van der Waals surface area contributed by atoms with Gasteiger partial charge in [0, 0.05) is 20.0 Å². The molecule has 1 N–H and O–H groups in total. The first-order valence-corrected chi connectivity index (χ1v) is 10.6. The molecule has 2 aliphatic rings. The van der Waals surface area contributed by atoms with E-state index in [-0.39, 0.29) is 11.7 Å². The Bertz CT molecular complexity index is 746. The first kappa shape index (κ1) is 21.8. The van der Waals surface area contributed by atoms with Crippen LogP contribution in [0.2, 0.25) is 0 Å². The molecule has 0 aromatic heterocycles. The SMILES string of the molecule is CC(=O)c1cccc2c1OB(O)[C@@H](N(C)C(=O)CC1CCC(CN(C)C)CC1)C2. The standard InChI is InChI=1S/C22H33BN2O4/c1-15(26)19-7-5-6-18-13-20(23(28)29-22(18)19)25(4)21(27)12-16-8-10-17(11-9-16)14-24(2)3/h5-7,16-17,20,28H,8-14H2,1-4H3/t16?,17?,20-/m0/s1. The van der Waals surface area contributed by atoms with Crippen LogP contribution in [0.5, 0.6) is 5.75 Å². The summed E-state index contributed by atoms with van der Waals surface area (Å²) in [5.41, 5.74) is 1.33. The summed E-state index contributed by atoms with van der Waals surface area (Å²) in [5, 5.41) is 10.5. The quantitative estimate of drug-likeness (QED) is 0.587. The highest BCUT2D eigenvalue weighted by atomic mass is 16.5. The number of hydrogen-bond donors (Lipinski definition) is 1. The summed E-state index contributed by atoms with van der Waals surface area (Å²) in [6.07, 6.45) is 5.54. The largest absolute Gasteiger partial charge is 0.547 e. The van der Waals surface area contributed by atoms with Crippen molar-refractivity contribution in [1.29, 1.82) is 0 Å². The normalized spacial score (nSPS) is 24.1. The highest BCUT2D eigenvalue weighted by Crippen LogP contribution is 2.34. The van der Waals surface area contributed by atoms with Crippen LogP contribution in [0, 0.1) is 11.8 Å². The summed E-state index contributed by atoms with van der Waals surface area (Å²) in [6, 6.07) is 5.42. The molecule has 1 aliphatic heterocycles. The second kappa shape index (κ2) is 9.31. The maximum atomic E-state index is 12.9. The monoisotopic (exact) mass is 400 g/mol. The molecular formula is C22H33BN2O4. The van der Waals surface area contributed by atoms with Crippen molar-refractivity contribution < 1.29 is 19.3 Å². The van der Waals surface area contributed by atoms with E-state index < -0.39 is 13.1 Å². The number of hydrogen-bond acceptors (Lipinski definition) is 5. The smallest absolute Gasteiger partial charge is 0.534 e. The van der Waals surface area contributed by atoms with E-state index in [0.29, 0.717) is 30.1 Å². The van der Waals surface area contributed by atoms with Crippen LogP contribution in [0.4, 0.5) is 0 Å². The molecule has 0 saturated heterocycles. The van der Waals surface area contributed by atoms with Crippen LogP contribution in [0.15, 0.2) is 18.2 Å². The first-order valence-electron chi connectivity index (χ1n) is 10.6. The molecule has 29 heavy (non-hydrogen) atoms. The number of carbonyl (C=O) groups is 2. The second-order valence-corrected chi connectivity index (χ2v) is 8.99. The third kappa shape index (κ3) is 5.20. The number of nitrogens with zero attached hydrogens (tertiary/aromatic N) is 2. The Morgan fingerprint density at radius 1 is 1.14 bits per heavy atom. The van der Waals surface area contributed by atoms with Crippen molar-refractivity contribution in [2.75, 3.05) is 27.7 Å². The lowest BCUT2D eigenvalue weighted by atomic mass is 9.71. The van der Waals surface area contributed by atoms with Gasteiger partial charge in [-0.3, -0.25) is 9.59 Å². The van der Waals surface area contributed by atoms with E-state index in [1.54, 1.807) is 18.0 Å². The molecule has 1 heterocycles. The third-order valence-electron chi connectivity index (χ3n) is 6.42. The number of para-hydroxylation sites is 1. The van der Waals surface area contributed by atoms with Crippen LogP contribution >= 0.6 is 0 Å². The molecular weight excluding hydrogens is 367 g/mol. The molecule has 1 amide bonds. The van der Waals surface area contributed by atoms with Gasteiger partial charge in [-0.15, -0.1) is 0 Å². The summed E-state index contributed by atoms with van der Waals surface area (Å²) >= 11 is 0. The zero-order chi connectivity index (χ0) is 21.1. The fourth-order valence-electron chi connectivity index (χ4n) is 4.73. The minimum atomic E-state index is -1.13. The fourth-order valence-corrected chi connectivity index (χ4v) is 4.73. The van der Waals surface area contributed by atoms with Gasteiger partial charge < -0.3 is 19.5 Å². The van der Waals surface area contributed by atoms with Crippen molar-refractivity contribution in [3.8, 4) is 5.75 Å². The van der Waals surface area contributed by atoms with Crippen molar-refractivity contribution in [2.24, 2.45) is 11.8 Å². The van der Waals surface area contributed by atoms with Gasteiger partial charge >= 0.3 is 7.12 Å². The molecule has 0 spiro atoms. The summed E-state index contributed by atoms with van der Waals surface area (Å²) in [4.78, 5) is 28.6. The predicted molar refractivity (Wildman–Crippen MR) is 114 cm³/mol. The summed E-state index contributed by atoms with van der Waals surface area (Å²) < 4.78 is 5.69. The summed E-state index contributed by atoms with van der Waals surface area (Å²) in [6.45, 7) is 2.61. The number of carbonyl (C=O) groups excluding carboxylic acids is 2. The molecule has 0 unspecified atom stereocenters. The molecule has 7 heteroatoms. The van der Waals surface area contributed by atoms with Crippen LogP contribution < -0.4 is 4.65 Å². The van der Waals surface area contributed by atoms with E-state index >= 15 is 0 Å². The van der Waals surface area contributed by atoms with E-state index in [2.05, 4.69) is 19.0 Å². The van der Waals surface area contributed by atoms with Crippen molar-refractivity contribution in [2.45, 2.75) is 51.4 Å². The molecule has 158 valence electrons. The Labute approximate surface area is 174 Å². The van der Waals surface area contributed by atoms with E-state index in [1.165, 1.54) is 19.8 Å². The zero-order valence-electron chi connectivity index (χ0n) is 18.1. The Morgan fingerprint density at radius 2 is 1.79 bits per heavy atom. The number of Topliss-reactive ketones (excluding diaryl/α,β-unsaturated/α-hetero) is 1. The molecule has 1 aromatic rings. The minimum Gasteiger partial charge on any atom is -0.534 e. The molecule has 1 atom stereocenters. The Balaban J connectivity index is 1.59. The maximum absolute atomic E-state index is 12.9. The lowest BCUT2D eigenvalue weighted by Gasteiger charge is -2.36. The van der Waals surface area contributed by atoms with Gasteiger partial charge in [0.15, 0.2) is 5.78 Å². The van der Waals surface area contributed by atoms with Gasteiger partial charge in [0.05, 0.1) is 11.5 Å². The van der Waals surface area contributed by atoms with Gasteiger partial charge in [-0.05, 0) is 76.6 Å². The van der Waals surface area contributed by atoms with Crippen molar-refractivity contribution in [3.05, 3.63) is 29.3 Å². The molecule has 1 saturated carbocycles. The van der Waals surface area contributed by atoms with E-state index in [1.807, 2.05) is 12.1 Å². The second-order valence-electron chi connectivity index (χ2n) is 8.99. The van der Waals surface area contributed by atoms with Crippen LogP contribution in [-0.2, 0) is 11.2 Å². The number of ketones is 1. The van der Waals surface area contributed by atoms with Crippen molar-refractivity contribution in [1.82, 2.24) is 9.80 Å². The van der Waals surface area contributed by atoms with Crippen LogP contribution in [-0.4, -0.2) is 67.3 Å². The highest BCUT2D eigenvalue weighted by molar-refractivity contribution is 6.47. The minimum absolute atomic E-state index is 0.0554. The summed E-state index contributed by atoms with van der Waals surface area (Å²) in [5.74, 6) is 1.11. The maximum Gasteiger partial charge on any atom is 0.547 e. The Morgan fingerprint density at radius 3 is 2.41 bits per heavy atom. The number of amides is 1. The van der Waals surface area contributed by atoms with Gasteiger partial charge in [-0.2, -0.15) is 0 Å². The number of likely N-dealkylation sites (N-methyl/N-ethyl adjacent to an activating group) is 1. The van der Waals surface area contributed by atoms with Gasteiger partial charge in [-0.25, -0.2) is 0 Å². The molecule has 0 radical (unpaired) electrons. The van der Waals surface area contributed by atoms with Crippen LogP contribution in [0.25, 0.3) is 0 Å². The van der Waals surface area contributed by atoms with E-state index in [0.717, 1.165) is 30.9 Å². The lowest BCUT2D eigenvalue weighted by molar-refractivity contribution is -0.132. The predicted octanol–water partition coefficient (Wildman–Crippen LogP) is 2.43. The fraction of sp³-hybridized carbons (Fsp3) is 0.636. The first-order chi connectivity index (χ1) is 13.8. The average molecular weight is 400 g/mol. The van der Waals surface area contributed by atoms with Gasteiger partial charge in [-0.1, -0.05) is 12.1 Å². The summed E-state index contributed by atoms with van der Waals surface area (Å²) in [7, 11) is 4.84. The topological polar surface area (TPSA) is 70.1 Å². The third-order valence-corrected chi connectivity index (χ3v) is 6.42.